The minimum absolute atomic E-state index is 0.0287. The number of carbonyl (C=O) groups excluding carboxylic acids is 1. The molecule has 2 aromatic rings. The van der Waals surface area contributed by atoms with Crippen LogP contribution in [0.4, 0.5) is 0 Å². The van der Waals surface area contributed by atoms with Gasteiger partial charge in [-0.2, -0.15) is 0 Å². The Morgan fingerprint density at radius 2 is 1.86 bits per heavy atom. The maximum absolute atomic E-state index is 12.2. The van der Waals surface area contributed by atoms with Gasteiger partial charge in [-0.3, -0.25) is 25.0 Å². The molecule has 1 aromatic heterocycles. The Hall–Kier alpha value is -3.16. The number of pyridine rings is 1. The highest BCUT2D eigenvalue weighted by molar-refractivity contribution is 6.08. The number of carbonyl (C=O) groups is 1. The van der Waals surface area contributed by atoms with Crippen LogP contribution < -0.4 is 0 Å². The fourth-order valence-electron chi connectivity index (χ4n) is 2.30. The molecule has 104 valence electrons. The van der Waals surface area contributed by atoms with Crippen LogP contribution in [-0.2, 0) is 0 Å². The van der Waals surface area contributed by atoms with E-state index < -0.39 is 27.4 Å². The summed E-state index contributed by atoms with van der Waals surface area (Å²) in [4.78, 5) is 36.4. The molecule has 1 aliphatic rings. The smallest absolute Gasteiger partial charge is 0.286 e. The lowest BCUT2D eigenvalue weighted by atomic mass is 9.93. The number of hydrogen-bond acceptors (Lipinski definition) is 6. The average molecular weight is 285 g/mol. The topological polar surface area (TPSA) is 116 Å². The van der Waals surface area contributed by atoms with Crippen LogP contribution in [0.15, 0.2) is 36.0 Å². The average Bonchev–Trinajstić information content (AvgIpc) is 2.44. The zero-order valence-electron chi connectivity index (χ0n) is 10.4. The van der Waals surface area contributed by atoms with Crippen molar-refractivity contribution in [2.45, 2.75) is 6.04 Å². The molecule has 0 aliphatic heterocycles. The van der Waals surface area contributed by atoms with Crippen molar-refractivity contribution in [2.75, 3.05) is 0 Å². The van der Waals surface area contributed by atoms with Crippen LogP contribution in [-0.4, -0.2) is 26.7 Å². The van der Waals surface area contributed by atoms with E-state index in [-0.39, 0.29) is 11.3 Å². The van der Waals surface area contributed by atoms with Gasteiger partial charge in [0.1, 0.15) is 0 Å². The molecule has 0 saturated carbocycles. The van der Waals surface area contributed by atoms with Gasteiger partial charge in [0.05, 0.1) is 21.7 Å². The molecule has 1 aromatic carbocycles. The zero-order valence-corrected chi connectivity index (χ0v) is 10.4. The lowest BCUT2D eigenvalue weighted by Gasteiger charge is -2.14. The van der Waals surface area contributed by atoms with Crippen molar-refractivity contribution < 1.29 is 14.6 Å². The second-order valence-electron chi connectivity index (χ2n) is 4.49. The molecule has 3 rings (SSSR count). The van der Waals surface area contributed by atoms with Gasteiger partial charge in [0.2, 0.25) is 5.78 Å². The molecule has 21 heavy (non-hydrogen) atoms. The first kappa shape index (κ1) is 12.9. The Labute approximate surface area is 117 Å². The third kappa shape index (κ3) is 1.93. The zero-order chi connectivity index (χ0) is 15.1. The first-order valence-corrected chi connectivity index (χ1v) is 5.92. The van der Waals surface area contributed by atoms with Gasteiger partial charge >= 0.3 is 11.7 Å². The Kier molecular flexibility index (Phi) is 2.72. The molecule has 8 nitrogen and oxygen atoms in total. The number of hydrogen-bond donors (Lipinski definition) is 0. The molecule has 0 radical (unpaired) electrons. The van der Waals surface area contributed by atoms with Crippen molar-refractivity contribution in [3.05, 3.63) is 67.5 Å². The quantitative estimate of drug-likeness (QED) is 0.612. The SMILES string of the molecule is O=C1c2cc3ccccc3nc2C=C([N+](=O)[O-])C1[N+](=O)[O-]. The predicted octanol–water partition coefficient (Wildman–Crippen LogP) is 1.69. The minimum atomic E-state index is -1.99. The number of nitrogens with zero attached hydrogens (tertiary/aromatic N) is 3. The number of Topliss-reactive ketones (excluding diaryl/α,β-unsaturated/α-hetero) is 1. The normalized spacial score (nSPS) is 17.2. The second-order valence-corrected chi connectivity index (χ2v) is 4.49. The summed E-state index contributed by atoms with van der Waals surface area (Å²) in [7, 11) is 0. The van der Waals surface area contributed by atoms with Crippen molar-refractivity contribution in [3.63, 3.8) is 0 Å². The van der Waals surface area contributed by atoms with E-state index in [4.69, 9.17) is 0 Å². The molecule has 1 aliphatic carbocycles. The lowest BCUT2D eigenvalue weighted by Crippen LogP contribution is -2.37. The summed E-state index contributed by atoms with van der Waals surface area (Å²) in [5.41, 5.74) is -0.0904. The van der Waals surface area contributed by atoms with Crippen molar-refractivity contribution in [1.29, 1.82) is 0 Å². The molecular formula is C13H7N3O5. The fraction of sp³-hybridized carbons (Fsp3) is 0.0769. The number of nitro groups is 2. The summed E-state index contributed by atoms with van der Waals surface area (Å²) in [5.74, 6) is -0.914. The fourth-order valence-corrected chi connectivity index (χ4v) is 2.30. The number of fused-ring (bicyclic) bond motifs is 2. The molecule has 8 heteroatoms. The molecule has 0 amide bonds. The van der Waals surface area contributed by atoms with E-state index in [1.807, 2.05) is 0 Å². The van der Waals surface area contributed by atoms with Crippen molar-refractivity contribution in [2.24, 2.45) is 0 Å². The summed E-state index contributed by atoms with van der Waals surface area (Å²) in [6.45, 7) is 0. The second kappa shape index (κ2) is 4.44. The van der Waals surface area contributed by atoms with Gasteiger partial charge in [-0.25, -0.2) is 4.98 Å². The summed E-state index contributed by atoms with van der Waals surface area (Å²) < 4.78 is 0. The van der Waals surface area contributed by atoms with Crippen LogP contribution in [0, 0.1) is 20.2 Å². The molecule has 0 N–H and O–H groups in total. The van der Waals surface area contributed by atoms with Crippen molar-refractivity contribution in [3.8, 4) is 0 Å². The van der Waals surface area contributed by atoms with Crippen LogP contribution in [0.3, 0.4) is 0 Å². The minimum Gasteiger partial charge on any atom is -0.286 e. The molecule has 0 spiro atoms. The molecule has 1 atom stereocenters. The highest BCUT2D eigenvalue weighted by Gasteiger charge is 2.47. The number of benzene rings is 1. The Bertz CT molecular complexity index is 843. The molecule has 1 heterocycles. The van der Waals surface area contributed by atoms with E-state index in [9.17, 15) is 25.0 Å². The summed E-state index contributed by atoms with van der Waals surface area (Å²) in [6.07, 6.45) is 0.997. The third-order valence-corrected chi connectivity index (χ3v) is 3.25. The van der Waals surface area contributed by atoms with Gasteiger partial charge in [0.15, 0.2) is 0 Å². The Morgan fingerprint density at radius 3 is 2.52 bits per heavy atom. The van der Waals surface area contributed by atoms with Gasteiger partial charge in [0.25, 0.3) is 0 Å². The Morgan fingerprint density at radius 1 is 1.14 bits per heavy atom. The molecule has 0 bridgehead atoms. The highest BCUT2D eigenvalue weighted by Crippen LogP contribution is 2.27. The number of aromatic nitrogens is 1. The van der Waals surface area contributed by atoms with Crippen molar-refractivity contribution >= 4 is 22.8 Å². The number of para-hydroxylation sites is 1. The van der Waals surface area contributed by atoms with Crippen LogP contribution in [0.2, 0.25) is 0 Å². The van der Waals surface area contributed by atoms with E-state index >= 15 is 0 Å². The van der Waals surface area contributed by atoms with E-state index in [2.05, 4.69) is 4.98 Å². The summed E-state index contributed by atoms with van der Waals surface area (Å²) in [5, 5.41) is 22.6. The first-order chi connectivity index (χ1) is 9.99. The van der Waals surface area contributed by atoms with Gasteiger partial charge in [-0.15, -0.1) is 0 Å². The van der Waals surface area contributed by atoms with Crippen LogP contribution in [0.25, 0.3) is 17.0 Å². The van der Waals surface area contributed by atoms with Crippen LogP contribution in [0.5, 0.6) is 0 Å². The van der Waals surface area contributed by atoms with Gasteiger partial charge in [-0.1, -0.05) is 18.2 Å². The molecule has 1 unspecified atom stereocenters. The maximum atomic E-state index is 12.2. The molecule has 0 fully saturated rings. The Balaban J connectivity index is 2.30. The van der Waals surface area contributed by atoms with Gasteiger partial charge in [0, 0.05) is 16.4 Å². The predicted molar refractivity (Wildman–Crippen MR) is 71.8 cm³/mol. The van der Waals surface area contributed by atoms with E-state index in [1.165, 1.54) is 6.07 Å². The summed E-state index contributed by atoms with van der Waals surface area (Å²) in [6, 6.07) is 6.37. The third-order valence-electron chi connectivity index (χ3n) is 3.25. The monoisotopic (exact) mass is 285 g/mol. The largest absolute Gasteiger partial charge is 0.362 e. The van der Waals surface area contributed by atoms with Gasteiger partial charge < -0.3 is 0 Å². The highest BCUT2D eigenvalue weighted by atomic mass is 16.6. The molecular weight excluding hydrogens is 278 g/mol. The first-order valence-electron chi connectivity index (χ1n) is 5.92. The van der Waals surface area contributed by atoms with Crippen LogP contribution >= 0.6 is 0 Å². The number of rotatable bonds is 2. The summed E-state index contributed by atoms with van der Waals surface area (Å²) >= 11 is 0. The van der Waals surface area contributed by atoms with Crippen molar-refractivity contribution in [1.82, 2.24) is 4.98 Å². The van der Waals surface area contributed by atoms with E-state index in [0.717, 1.165) is 6.08 Å². The maximum Gasteiger partial charge on any atom is 0.362 e. The number of ketones is 1. The standard InChI is InChI=1S/C13H7N3O5/c17-13-8-5-7-3-1-2-4-9(7)14-10(8)6-11(15(18)19)12(13)16(20)21/h1-6,12H. The molecule has 0 saturated heterocycles. The lowest BCUT2D eigenvalue weighted by molar-refractivity contribution is -0.539. The van der Waals surface area contributed by atoms with Crippen LogP contribution in [0.1, 0.15) is 16.1 Å². The van der Waals surface area contributed by atoms with Gasteiger partial charge in [-0.05, 0) is 12.1 Å². The van der Waals surface area contributed by atoms with E-state index in [1.54, 1.807) is 24.3 Å². The van der Waals surface area contributed by atoms with E-state index in [0.29, 0.717) is 10.9 Å².